The number of rotatable bonds is 5. The predicted molar refractivity (Wildman–Crippen MR) is 144 cm³/mol. The molecule has 9 heteroatoms. The van der Waals surface area contributed by atoms with E-state index in [1.54, 1.807) is 63.2 Å². The molecular weight excluding hydrogens is 552 g/mol. The summed E-state index contributed by atoms with van der Waals surface area (Å²) in [6.07, 6.45) is -0.133. The van der Waals surface area contributed by atoms with Gasteiger partial charge in [-0.25, -0.2) is 17.2 Å². The first-order valence-electron chi connectivity index (χ1n) is 11.1. The molecule has 0 saturated carbocycles. The summed E-state index contributed by atoms with van der Waals surface area (Å²) in [6, 6.07) is 15.7. The molecule has 0 unspecified atom stereocenters. The molecule has 0 radical (unpaired) electrons. The number of nitrogens with zero attached hydrogens (tertiary/aromatic N) is 1. The molecule has 3 aromatic carbocycles. The Hall–Kier alpha value is -2.55. The first-order valence-corrected chi connectivity index (χ1v) is 13.7. The third-order valence-electron chi connectivity index (χ3n) is 5.45. The average molecular weight is 578 g/mol. The third kappa shape index (κ3) is 5.34. The lowest BCUT2D eigenvalue weighted by Crippen LogP contribution is -2.33. The Kier molecular flexibility index (Phi) is 6.92. The molecule has 1 heterocycles. The highest BCUT2D eigenvalue weighted by Crippen LogP contribution is 2.37. The molecule has 6 nitrogen and oxygen atoms in total. The van der Waals surface area contributed by atoms with Crippen molar-refractivity contribution in [3.05, 3.63) is 75.2 Å². The maximum Gasteiger partial charge on any atom is 0.407 e. The minimum atomic E-state index is -3.93. The van der Waals surface area contributed by atoms with Crippen molar-refractivity contribution in [2.75, 3.05) is 6.54 Å². The second kappa shape index (κ2) is 9.48. The van der Waals surface area contributed by atoms with Crippen LogP contribution in [0.1, 0.15) is 31.9 Å². The van der Waals surface area contributed by atoms with Crippen molar-refractivity contribution in [3.63, 3.8) is 0 Å². The summed E-state index contributed by atoms with van der Waals surface area (Å²) in [5.41, 5.74) is 2.20. The van der Waals surface area contributed by atoms with Gasteiger partial charge in [0.15, 0.2) is 0 Å². The minimum absolute atomic E-state index is 0.192. The summed E-state index contributed by atoms with van der Waals surface area (Å²) < 4.78 is 35.3. The van der Waals surface area contributed by atoms with Gasteiger partial charge >= 0.3 is 6.09 Å². The molecular formula is C26H26BrClN2O4S. The number of carbonyl (C=O) groups excluding carboxylic acids is 1. The zero-order chi connectivity index (χ0) is 25.5. The molecule has 0 saturated heterocycles. The fourth-order valence-corrected chi connectivity index (χ4v) is 6.23. The Morgan fingerprint density at radius 1 is 1.06 bits per heavy atom. The van der Waals surface area contributed by atoms with Gasteiger partial charge in [0.1, 0.15) is 5.60 Å². The van der Waals surface area contributed by atoms with E-state index in [1.807, 2.05) is 19.1 Å². The Balaban J connectivity index is 1.88. The molecule has 0 aliphatic carbocycles. The highest BCUT2D eigenvalue weighted by molar-refractivity contribution is 9.10. The first-order chi connectivity index (χ1) is 16.4. The van der Waals surface area contributed by atoms with E-state index in [0.29, 0.717) is 22.5 Å². The van der Waals surface area contributed by atoms with Crippen molar-refractivity contribution in [1.29, 1.82) is 0 Å². The topological polar surface area (TPSA) is 77.4 Å². The number of alkyl carbamates (subject to hydrolysis) is 1. The maximum atomic E-state index is 13.9. The van der Waals surface area contributed by atoms with Crippen LogP contribution in [0.3, 0.4) is 0 Å². The van der Waals surface area contributed by atoms with Gasteiger partial charge in [0.05, 0.1) is 15.9 Å². The molecule has 0 spiro atoms. The van der Waals surface area contributed by atoms with Gasteiger partial charge in [-0.15, -0.1) is 0 Å². The van der Waals surface area contributed by atoms with Crippen LogP contribution in [-0.2, 0) is 21.2 Å². The molecule has 1 amide bonds. The third-order valence-corrected chi connectivity index (χ3v) is 7.87. The molecule has 35 heavy (non-hydrogen) atoms. The number of benzene rings is 3. The van der Waals surface area contributed by atoms with E-state index in [-0.39, 0.29) is 11.4 Å². The summed E-state index contributed by atoms with van der Waals surface area (Å²) in [5.74, 6) is 0. The van der Waals surface area contributed by atoms with Gasteiger partial charge in [0.2, 0.25) is 0 Å². The molecule has 184 valence electrons. The first kappa shape index (κ1) is 25.5. The van der Waals surface area contributed by atoms with Gasteiger partial charge in [-0.05, 0) is 82.1 Å². The Labute approximate surface area is 218 Å². The van der Waals surface area contributed by atoms with E-state index < -0.39 is 21.7 Å². The Bertz CT molecular complexity index is 1540. The molecule has 4 rings (SSSR count). The van der Waals surface area contributed by atoms with Gasteiger partial charge in [-0.1, -0.05) is 45.2 Å². The standard InChI is InChI=1S/C26H26BrClN2O4S/c1-16-5-8-20(9-6-16)35(32,33)30-23-10-7-19(28)15-21(23)22-14-18(27)13-17(24(22)30)11-12-29-25(31)34-26(2,3)4/h5-10,13-15H,11-12H2,1-4H3,(H,29,31). The number of hydrogen-bond acceptors (Lipinski definition) is 4. The zero-order valence-corrected chi connectivity index (χ0v) is 23.0. The smallest absolute Gasteiger partial charge is 0.407 e. The Morgan fingerprint density at radius 3 is 2.40 bits per heavy atom. The van der Waals surface area contributed by atoms with E-state index in [1.165, 1.54) is 3.97 Å². The molecule has 1 aromatic heterocycles. The van der Waals surface area contributed by atoms with Crippen LogP contribution in [0.15, 0.2) is 64.0 Å². The summed E-state index contributed by atoms with van der Waals surface area (Å²) in [7, 11) is -3.93. The summed E-state index contributed by atoms with van der Waals surface area (Å²) >= 11 is 9.85. The van der Waals surface area contributed by atoms with Crippen molar-refractivity contribution in [2.24, 2.45) is 0 Å². The maximum absolute atomic E-state index is 13.9. The van der Waals surface area contributed by atoms with Gasteiger partial charge in [-0.2, -0.15) is 0 Å². The number of ether oxygens (including phenoxy) is 1. The van der Waals surface area contributed by atoms with E-state index in [4.69, 9.17) is 16.3 Å². The SMILES string of the molecule is Cc1ccc(S(=O)(=O)n2c3ccc(Cl)cc3c3cc(Br)cc(CCNC(=O)OC(C)(C)C)c32)cc1. The van der Waals surface area contributed by atoms with Crippen LogP contribution in [-0.4, -0.2) is 30.6 Å². The fourth-order valence-electron chi connectivity index (χ4n) is 3.99. The van der Waals surface area contributed by atoms with E-state index in [2.05, 4.69) is 21.2 Å². The molecule has 4 aromatic rings. The molecule has 0 aliphatic rings. The number of aryl methyl sites for hydroxylation is 1. The number of carbonyl (C=O) groups is 1. The zero-order valence-electron chi connectivity index (χ0n) is 19.9. The summed E-state index contributed by atoms with van der Waals surface area (Å²) in [4.78, 5) is 12.3. The summed E-state index contributed by atoms with van der Waals surface area (Å²) in [5, 5.41) is 4.74. The Morgan fingerprint density at radius 2 is 1.74 bits per heavy atom. The van der Waals surface area contributed by atoms with Crippen molar-refractivity contribution >= 4 is 65.5 Å². The van der Waals surface area contributed by atoms with Crippen LogP contribution in [0.2, 0.25) is 5.02 Å². The van der Waals surface area contributed by atoms with Crippen LogP contribution < -0.4 is 5.32 Å². The number of aromatic nitrogens is 1. The normalized spacial score (nSPS) is 12.3. The number of halogens is 2. The highest BCUT2D eigenvalue weighted by Gasteiger charge is 2.26. The second-order valence-corrected chi connectivity index (χ2v) is 12.5. The van der Waals surface area contributed by atoms with E-state index in [9.17, 15) is 13.2 Å². The van der Waals surface area contributed by atoms with Crippen LogP contribution in [0.25, 0.3) is 21.8 Å². The van der Waals surface area contributed by atoms with Gasteiger partial charge in [-0.3, -0.25) is 0 Å². The molecule has 0 atom stereocenters. The minimum Gasteiger partial charge on any atom is -0.444 e. The quantitative estimate of drug-likeness (QED) is 0.282. The lowest BCUT2D eigenvalue weighted by atomic mass is 10.1. The van der Waals surface area contributed by atoms with Crippen LogP contribution >= 0.6 is 27.5 Å². The van der Waals surface area contributed by atoms with Crippen molar-refractivity contribution in [3.8, 4) is 0 Å². The van der Waals surface area contributed by atoms with Crippen LogP contribution in [0.5, 0.6) is 0 Å². The lowest BCUT2D eigenvalue weighted by molar-refractivity contribution is 0.0528. The molecule has 0 aliphatic heterocycles. The lowest BCUT2D eigenvalue weighted by Gasteiger charge is -2.19. The van der Waals surface area contributed by atoms with Crippen LogP contribution in [0.4, 0.5) is 4.79 Å². The van der Waals surface area contributed by atoms with E-state index in [0.717, 1.165) is 26.4 Å². The van der Waals surface area contributed by atoms with Gasteiger partial charge < -0.3 is 10.1 Å². The van der Waals surface area contributed by atoms with Crippen molar-refractivity contribution in [2.45, 2.75) is 44.6 Å². The monoisotopic (exact) mass is 576 g/mol. The van der Waals surface area contributed by atoms with Crippen molar-refractivity contribution in [1.82, 2.24) is 9.29 Å². The average Bonchev–Trinajstić information content (AvgIpc) is 3.07. The number of hydrogen-bond donors (Lipinski definition) is 1. The summed E-state index contributed by atoms with van der Waals surface area (Å²) in [6.45, 7) is 7.57. The number of fused-ring (bicyclic) bond motifs is 3. The molecule has 1 N–H and O–H groups in total. The fraction of sp³-hybridized carbons (Fsp3) is 0.269. The number of nitrogens with one attached hydrogen (secondary N) is 1. The van der Waals surface area contributed by atoms with E-state index >= 15 is 0 Å². The largest absolute Gasteiger partial charge is 0.444 e. The van der Waals surface area contributed by atoms with Crippen LogP contribution in [0, 0.1) is 6.92 Å². The van der Waals surface area contributed by atoms with Gasteiger partial charge in [0.25, 0.3) is 10.0 Å². The predicted octanol–water partition coefficient (Wildman–Crippen LogP) is 6.82. The number of amides is 1. The van der Waals surface area contributed by atoms with Gasteiger partial charge in [0, 0.05) is 26.8 Å². The van der Waals surface area contributed by atoms with Crippen molar-refractivity contribution < 1.29 is 17.9 Å². The highest BCUT2D eigenvalue weighted by atomic mass is 79.9. The molecule has 0 fully saturated rings. The second-order valence-electron chi connectivity index (χ2n) is 9.38. The molecule has 0 bridgehead atoms.